The molecular weight excluding hydrogens is 270 g/mol. The maximum atomic E-state index is 12.1. The zero-order chi connectivity index (χ0) is 14.4. The molecule has 0 fully saturated rings. The summed E-state index contributed by atoms with van der Waals surface area (Å²) in [4.78, 5) is 0. The summed E-state index contributed by atoms with van der Waals surface area (Å²) in [6, 6.07) is 19.0. The predicted molar refractivity (Wildman–Crippen MR) is 81.8 cm³/mol. The summed E-state index contributed by atoms with van der Waals surface area (Å²) in [5, 5.41) is 0. The van der Waals surface area contributed by atoms with E-state index in [0.717, 1.165) is 11.1 Å². The van der Waals surface area contributed by atoms with Crippen LogP contribution in [0.5, 0.6) is 0 Å². The highest BCUT2D eigenvalue weighted by molar-refractivity contribution is 7.88. The molecule has 0 aliphatic carbocycles. The lowest BCUT2D eigenvalue weighted by Gasteiger charge is -2.14. The lowest BCUT2D eigenvalue weighted by molar-refractivity contribution is 0.559. The standard InChI is InChI=1S/C16H19NO2S/c1-14(12-15-8-4-2-5-9-15)17-20(18,19)13-16-10-6-3-7-11-16/h2-11,14,17H,12-13H2,1H3/t14-/m1/s1. The van der Waals surface area contributed by atoms with Gasteiger partial charge in [0.15, 0.2) is 0 Å². The Morgan fingerprint density at radius 1 is 0.900 bits per heavy atom. The SMILES string of the molecule is C[C@H](Cc1ccccc1)NS(=O)(=O)Cc1ccccc1. The van der Waals surface area contributed by atoms with Crippen LogP contribution in [0, 0.1) is 0 Å². The Balaban J connectivity index is 1.94. The van der Waals surface area contributed by atoms with Crippen molar-refractivity contribution in [2.45, 2.75) is 25.1 Å². The van der Waals surface area contributed by atoms with Crippen LogP contribution in [0.4, 0.5) is 0 Å². The minimum atomic E-state index is -3.30. The van der Waals surface area contributed by atoms with Crippen LogP contribution in [-0.2, 0) is 22.2 Å². The van der Waals surface area contributed by atoms with Gasteiger partial charge in [0.1, 0.15) is 0 Å². The van der Waals surface area contributed by atoms with E-state index < -0.39 is 10.0 Å². The van der Waals surface area contributed by atoms with E-state index in [2.05, 4.69) is 4.72 Å². The Morgan fingerprint density at radius 2 is 1.40 bits per heavy atom. The second-order valence-corrected chi connectivity index (χ2v) is 6.71. The van der Waals surface area contributed by atoms with Crippen molar-refractivity contribution in [1.29, 1.82) is 0 Å². The minimum absolute atomic E-state index is 0.0208. The number of benzene rings is 2. The minimum Gasteiger partial charge on any atom is -0.212 e. The lowest BCUT2D eigenvalue weighted by atomic mass is 10.1. The van der Waals surface area contributed by atoms with Crippen LogP contribution in [0.15, 0.2) is 60.7 Å². The molecule has 106 valence electrons. The first-order valence-electron chi connectivity index (χ1n) is 6.63. The summed E-state index contributed by atoms with van der Waals surface area (Å²) in [6.45, 7) is 1.88. The fourth-order valence-electron chi connectivity index (χ4n) is 2.15. The third-order valence-electron chi connectivity index (χ3n) is 2.96. The van der Waals surface area contributed by atoms with E-state index in [1.165, 1.54) is 0 Å². The average Bonchev–Trinajstić information content (AvgIpc) is 2.39. The predicted octanol–water partition coefficient (Wildman–Crippen LogP) is 2.74. The topological polar surface area (TPSA) is 46.2 Å². The highest BCUT2D eigenvalue weighted by Crippen LogP contribution is 2.07. The van der Waals surface area contributed by atoms with Gasteiger partial charge in [-0.15, -0.1) is 0 Å². The Labute approximate surface area is 120 Å². The fraction of sp³-hybridized carbons (Fsp3) is 0.250. The van der Waals surface area contributed by atoms with Gasteiger partial charge in [-0.25, -0.2) is 13.1 Å². The molecule has 0 aliphatic heterocycles. The van der Waals surface area contributed by atoms with Gasteiger partial charge in [-0.05, 0) is 24.5 Å². The lowest BCUT2D eigenvalue weighted by Crippen LogP contribution is -2.34. The quantitative estimate of drug-likeness (QED) is 0.889. The van der Waals surface area contributed by atoms with E-state index >= 15 is 0 Å². The summed E-state index contributed by atoms with van der Waals surface area (Å²) in [5.74, 6) is 0.0208. The highest BCUT2D eigenvalue weighted by atomic mass is 32.2. The number of sulfonamides is 1. The third-order valence-corrected chi connectivity index (χ3v) is 4.44. The van der Waals surface area contributed by atoms with Crippen molar-refractivity contribution in [2.75, 3.05) is 0 Å². The molecule has 0 saturated carbocycles. The molecule has 0 aliphatic rings. The van der Waals surface area contributed by atoms with Crippen LogP contribution in [-0.4, -0.2) is 14.5 Å². The van der Waals surface area contributed by atoms with E-state index in [4.69, 9.17) is 0 Å². The molecule has 3 nitrogen and oxygen atoms in total. The van der Waals surface area contributed by atoms with Crippen molar-refractivity contribution >= 4 is 10.0 Å². The Bertz CT molecular complexity index is 624. The summed E-state index contributed by atoms with van der Waals surface area (Å²) >= 11 is 0. The van der Waals surface area contributed by atoms with E-state index in [1.54, 1.807) is 0 Å². The van der Waals surface area contributed by atoms with Gasteiger partial charge in [0.05, 0.1) is 5.75 Å². The molecule has 1 atom stereocenters. The van der Waals surface area contributed by atoms with Crippen molar-refractivity contribution < 1.29 is 8.42 Å². The summed E-state index contributed by atoms with van der Waals surface area (Å²) in [6.07, 6.45) is 0.689. The van der Waals surface area contributed by atoms with Crippen molar-refractivity contribution in [1.82, 2.24) is 4.72 Å². The molecule has 0 spiro atoms. The highest BCUT2D eigenvalue weighted by Gasteiger charge is 2.15. The number of rotatable bonds is 6. The first kappa shape index (κ1) is 14.8. The second kappa shape index (κ2) is 6.68. The molecule has 2 rings (SSSR count). The first-order valence-corrected chi connectivity index (χ1v) is 8.28. The van der Waals surface area contributed by atoms with Gasteiger partial charge < -0.3 is 0 Å². The Hall–Kier alpha value is -1.65. The molecule has 20 heavy (non-hydrogen) atoms. The second-order valence-electron chi connectivity index (χ2n) is 4.95. The maximum Gasteiger partial charge on any atom is 0.216 e. The largest absolute Gasteiger partial charge is 0.216 e. The van der Waals surface area contributed by atoms with Crippen LogP contribution in [0.3, 0.4) is 0 Å². The molecule has 2 aromatic carbocycles. The van der Waals surface area contributed by atoms with Gasteiger partial charge in [0, 0.05) is 6.04 Å². The van der Waals surface area contributed by atoms with E-state index in [1.807, 2.05) is 67.6 Å². The smallest absolute Gasteiger partial charge is 0.212 e. The molecule has 0 amide bonds. The Kier molecular flexibility index (Phi) is 4.93. The molecule has 0 aromatic heterocycles. The van der Waals surface area contributed by atoms with Crippen molar-refractivity contribution in [2.24, 2.45) is 0 Å². The van der Waals surface area contributed by atoms with E-state index in [0.29, 0.717) is 6.42 Å². The first-order chi connectivity index (χ1) is 9.55. The molecule has 0 heterocycles. The van der Waals surface area contributed by atoms with Crippen molar-refractivity contribution in [3.63, 3.8) is 0 Å². The fourth-order valence-corrected chi connectivity index (χ4v) is 3.56. The summed E-state index contributed by atoms with van der Waals surface area (Å²) in [5.41, 5.74) is 1.93. The van der Waals surface area contributed by atoms with Crippen LogP contribution in [0.25, 0.3) is 0 Å². The molecule has 1 N–H and O–H groups in total. The van der Waals surface area contributed by atoms with E-state index in [-0.39, 0.29) is 11.8 Å². The molecule has 0 radical (unpaired) electrons. The van der Waals surface area contributed by atoms with Crippen LogP contribution < -0.4 is 4.72 Å². The molecular formula is C16H19NO2S. The van der Waals surface area contributed by atoms with Crippen molar-refractivity contribution in [3.8, 4) is 0 Å². The number of hydrogen-bond donors (Lipinski definition) is 1. The van der Waals surface area contributed by atoms with Gasteiger partial charge >= 0.3 is 0 Å². The van der Waals surface area contributed by atoms with E-state index in [9.17, 15) is 8.42 Å². The van der Waals surface area contributed by atoms with Crippen LogP contribution in [0.2, 0.25) is 0 Å². The van der Waals surface area contributed by atoms with Gasteiger partial charge in [-0.2, -0.15) is 0 Å². The molecule has 0 bridgehead atoms. The maximum absolute atomic E-state index is 12.1. The average molecular weight is 289 g/mol. The van der Waals surface area contributed by atoms with Gasteiger partial charge in [0.25, 0.3) is 0 Å². The summed E-state index contributed by atoms with van der Waals surface area (Å²) in [7, 11) is -3.30. The van der Waals surface area contributed by atoms with Gasteiger partial charge in [-0.3, -0.25) is 0 Å². The van der Waals surface area contributed by atoms with Gasteiger partial charge in [-0.1, -0.05) is 60.7 Å². The molecule has 2 aromatic rings. The normalized spacial score (nSPS) is 13.1. The van der Waals surface area contributed by atoms with Crippen LogP contribution >= 0.6 is 0 Å². The van der Waals surface area contributed by atoms with Gasteiger partial charge in [0.2, 0.25) is 10.0 Å². The summed E-state index contributed by atoms with van der Waals surface area (Å²) < 4.78 is 26.9. The molecule has 0 unspecified atom stereocenters. The molecule has 0 saturated heterocycles. The zero-order valence-corrected chi connectivity index (χ0v) is 12.3. The number of nitrogens with one attached hydrogen (secondary N) is 1. The third kappa shape index (κ3) is 4.79. The van der Waals surface area contributed by atoms with Crippen molar-refractivity contribution in [3.05, 3.63) is 71.8 Å². The monoisotopic (exact) mass is 289 g/mol. The Morgan fingerprint density at radius 3 is 1.95 bits per heavy atom. The van der Waals surface area contributed by atoms with Crippen LogP contribution in [0.1, 0.15) is 18.1 Å². The zero-order valence-electron chi connectivity index (χ0n) is 11.5. The number of hydrogen-bond acceptors (Lipinski definition) is 2. The molecule has 4 heteroatoms.